The molecule has 1 saturated carbocycles. The molecule has 7 nitrogen and oxygen atoms in total. The van der Waals surface area contributed by atoms with E-state index in [1.54, 1.807) is 18.3 Å². The van der Waals surface area contributed by atoms with Crippen molar-refractivity contribution < 1.29 is 14.7 Å². The highest BCUT2D eigenvalue weighted by Gasteiger charge is 2.38. The average molecular weight is 551 g/mol. The number of carbonyl (C=O) groups excluding carboxylic acids is 1. The van der Waals surface area contributed by atoms with Crippen LogP contribution in [-0.2, 0) is 16.8 Å². The van der Waals surface area contributed by atoms with Gasteiger partial charge in [0.25, 0.3) is 0 Å². The van der Waals surface area contributed by atoms with Gasteiger partial charge in [-0.25, -0.2) is 14.6 Å². The van der Waals surface area contributed by atoms with Crippen molar-refractivity contribution >= 4 is 12.0 Å². The number of nitrogens with one attached hydrogen (secondary N) is 1. The lowest BCUT2D eigenvalue weighted by Gasteiger charge is -2.37. The van der Waals surface area contributed by atoms with Gasteiger partial charge in [-0.1, -0.05) is 110 Å². The quantitative estimate of drug-likeness (QED) is 0.239. The van der Waals surface area contributed by atoms with Gasteiger partial charge in [0.05, 0.1) is 12.0 Å². The van der Waals surface area contributed by atoms with Gasteiger partial charge < -0.3 is 19.9 Å². The van der Waals surface area contributed by atoms with Crippen LogP contribution in [0.1, 0.15) is 54.5 Å². The Balaban J connectivity index is 1.45. The van der Waals surface area contributed by atoms with Crippen LogP contribution in [0.3, 0.4) is 0 Å². The Bertz CT molecular complexity index is 1320. The van der Waals surface area contributed by atoms with Crippen LogP contribution in [0.2, 0.25) is 0 Å². The molecule has 3 aromatic carbocycles. The van der Waals surface area contributed by atoms with Gasteiger partial charge in [-0.2, -0.15) is 0 Å². The first kappa shape index (κ1) is 28.1. The van der Waals surface area contributed by atoms with Gasteiger partial charge in [-0.05, 0) is 35.4 Å². The fourth-order valence-corrected chi connectivity index (χ4v) is 6.15. The number of aromatic nitrogens is 2. The van der Waals surface area contributed by atoms with Crippen molar-refractivity contribution in [1.29, 1.82) is 0 Å². The fourth-order valence-electron chi connectivity index (χ4n) is 6.15. The molecule has 0 aliphatic heterocycles. The topological polar surface area (TPSA) is 87.5 Å². The number of nitrogens with zero attached hydrogens (tertiary/aromatic N) is 3. The smallest absolute Gasteiger partial charge is 0.326 e. The number of imidazole rings is 1. The van der Waals surface area contributed by atoms with Crippen LogP contribution in [0.4, 0.5) is 4.79 Å². The Labute approximate surface area is 241 Å². The van der Waals surface area contributed by atoms with Crippen molar-refractivity contribution in [2.75, 3.05) is 13.6 Å². The molecule has 2 N–H and O–H groups in total. The average Bonchev–Trinajstić information content (AvgIpc) is 3.48. The molecule has 0 spiro atoms. The zero-order valence-electron chi connectivity index (χ0n) is 23.5. The Morgan fingerprint density at radius 1 is 0.902 bits per heavy atom. The lowest BCUT2D eigenvalue weighted by Crippen LogP contribution is -2.48. The first-order chi connectivity index (χ1) is 20.0. The van der Waals surface area contributed by atoms with E-state index >= 15 is 0 Å². The van der Waals surface area contributed by atoms with E-state index in [1.807, 2.05) is 60.8 Å². The van der Waals surface area contributed by atoms with Crippen LogP contribution in [0.15, 0.2) is 104 Å². The SMILES string of the molecule is CN(CC1CCCCC1)C(=O)NC(Cc1cn(C(c2ccccc2)(c2ccccc2)c2ccccc2)cn1)C(=O)O. The van der Waals surface area contributed by atoms with Crippen molar-refractivity contribution in [3.8, 4) is 0 Å². The summed E-state index contributed by atoms with van der Waals surface area (Å²) in [6, 6.07) is 29.2. The molecule has 0 bridgehead atoms. The summed E-state index contributed by atoms with van der Waals surface area (Å²) in [5, 5.41) is 12.8. The molecule has 1 heterocycles. The number of carbonyl (C=O) groups is 2. The number of benzene rings is 3. The minimum Gasteiger partial charge on any atom is -0.480 e. The predicted octanol–water partition coefficient (Wildman–Crippen LogP) is 5.94. The molecule has 5 rings (SSSR count). The number of hydrogen-bond donors (Lipinski definition) is 2. The number of aliphatic carboxylic acids is 1. The first-order valence-corrected chi connectivity index (χ1v) is 14.4. The number of urea groups is 1. The highest BCUT2D eigenvalue weighted by atomic mass is 16.4. The molecule has 1 aliphatic rings. The Morgan fingerprint density at radius 3 is 1.90 bits per heavy atom. The van der Waals surface area contributed by atoms with Crippen molar-refractivity contribution in [3.63, 3.8) is 0 Å². The standard InChI is InChI=1S/C34H38N4O3/c1-37(23-26-14-6-2-7-15-26)33(41)36-31(32(39)40)22-30-24-38(25-35-30)34(27-16-8-3-9-17-27,28-18-10-4-11-19-28)29-20-12-5-13-21-29/h3-5,8-13,16-21,24-26,31H,2,6-7,14-15,22-23H2,1H3,(H,36,41)(H,39,40). The van der Waals surface area contributed by atoms with E-state index in [0.29, 0.717) is 18.2 Å². The fraction of sp³-hybridized carbons (Fsp3) is 0.324. The second-order valence-corrected chi connectivity index (χ2v) is 11.0. The monoisotopic (exact) mass is 550 g/mol. The Morgan fingerprint density at radius 2 is 1.41 bits per heavy atom. The van der Waals surface area contributed by atoms with E-state index < -0.39 is 17.6 Å². The zero-order valence-corrected chi connectivity index (χ0v) is 23.5. The third-order valence-electron chi connectivity index (χ3n) is 8.21. The molecule has 1 aliphatic carbocycles. The van der Waals surface area contributed by atoms with Gasteiger partial charge in [-0.3, -0.25) is 0 Å². The van der Waals surface area contributed by atoms with E-state index in [0.717, 1.165) is 29.5 Å². The van der Waals surface area contributed by atoms with Gasteiger partial charge in [0, 0.05) is 26.2 Å². The Hall–Kier alpha value is -4.39. The maximum absolute atomic E-state index is 13.0. The number of carboxylic acid groups (broad SMARTS) is 1. The van der Waals surface area contributed by atoms with Crippen LogP contribution in [0.25, 0.3) is 0 Å². The predicted molar refractivity (Wildman–Crippen MR) is 160 cm³/mol. The molecule has 1 unspecified atom stereocenters. The second-order valence-electron chi connectivity index (χ2n) is 11.0. The summed E-state index contributed by atoms with van der Waals surface area (Å²) >= 11 is 0. The number of hydrogen-bond acceptors (Lipinski definition) is 3. The third kappa shape index (κ3) is 6.19. The van der Waals surface area contributed by atoms with E-state index in [-0.39, 0.29) is 12.5 Å². The molecule has 0 radical (unpaired) electrons. The molecule has 2 amide bonds. The summed E-state index contributed by atoms with van der Waals surface area (Å²) in [4.78, 5) is 31.5. The normalized spacial score (nSPS) is 14.8. The van der Waals surface area contributed by atoms with Crippen molar-refractivity contribution in [2.45, 2.75) is 50.1 Å². The maximum atomic E-state index is 13.0. The minimum atomic E-state index is -1.10. The highest BCUT2D eigenvalue weighted by Crippen LogP contribution is 2.40. The van der Waals surface area contributed by atoms with E-state index in [4.69, 9.17) is 0 Å². The number of rotatable bonds is 10. The molecule has 41 heavy (non-hydrogen) atoms. The van der Waals surface area contributed by atoms with Crippen molar-refractivity contribution in [3.05, 3.63) is 126 Å². The molecule has 1 fully saturated rings. The summed E-state index contributed by atoms with van der Waals surface area (Å²) in [7, 11) is 1.74. The van der Waals surface area contributed by atoms with Crippen LogP contribution >= 0.6 is 0 Å². The third-order valence-corrected chi connectivity index (χ3v) is 8.21. The largest absolute Gasteiger partial charge is 0.480 e. The van der Waals surface area contributed by atoms with E-state index in [1.165, 1.54) is 19.3 Å². The minimum absolute atomic E-state index is 0.0692. The van der Waals surface area contributed by atoms with Crippen LogP contribution in [0, 0.1) is 5.92 Å². The van der Waals surface area contributed by atoms with Gasteiger partial charge in [0.1, 0.15) is 11.6 Å². The molecule has 1 atom stereocenters. The molecule has 212 valence electrons. The molecule has 1 aromatic heterocycles. The van der Waals surface area contributed by atoms with Crippen LogP contribution in [0.5, 0.6) is 0 Å². The molecule has 0 saturated heterocycles. The summed E-state index contributed by atoms with van der Waals surface area (Å²) in [6.45, 7) is 0.639. The van der Waals surface area contributed by atoms with Gasteiger partial charge in [0.2, 0.25) is 0 Å². The second kappa shape index (κ2) is 12.9. The van der Waals surface area contributed by atoms with Gasteiger partial charge in [-0.15, -0.1) is 0 Å². The molecule has 4 aromatic rings. The lowest BCUT2D eigenvalue weighted by atomic mass is 9.77. The van der Waals surface area contributed by atoms with Crippen LogP contribution in [-0.4, -0.2) is 51.2 Å². The van der Waals surface area contributed by atoms with E-state index in [2.05, 4.69) is 51.3 Å². The molecule has 7 heteroatoms. The lowest BCUT2D eigenvalue weighted by molar-refractivity contribution is -0.139. The van der Waals surface area contributed by atoms with E-state index in [9.17, 15) is 14.7 Å². The molecular formula is C34H38N4O3. The number of carboxylic acids is 1. The van der Waals surface area contributed by atoms with Crippen molar-refractivity contribution in [1.82, 2.24) is 19.8 Å². The van der Waals surface area contributed by atoms with Crippen molar-refractivity contribution in [2.24, 2.45) is 5.92 Å². The van der Waals surface area contributed by atoms with Gasteiger partial charge >= 0.3 is 12.0 Å². The summed E-state index contributed by atoms with van der Waals surface area (Å²) in [5.74, 6) is -0.611. The maximum Gasteiger partial charge on any atom is 0.326 e. The summed E-state index contributed by atoms with van der Waals surface area (Å²) < 4.78 is 2.05. The highest BCUT2D eigenvalue weighted by molar-refractivity contribution is 5.82. The van der Waals surface area contributed by atoms with Crippen LogP contribution < -0.4 is 5.32 Å². The molecular weight excluding hydrogens is 512 g/mol. The summed E-state index contributed by atoms with van der Waals surface area (Å²) in [6.07, 6.45) is 9.60. The zero-order chi connectivity index (χ0) is 28.7. The first-order valence-electron chi connectivity index (χ1n) is 14.4. The Kier molecular flexibility index (Phi) is 8.82. The van der Waals surface area contributed by atoms with Gasteiger partial charge in [0.15, 0.2) is 0 Å². The summed E-state index contributed by atoms with van der Waals surface area (Å²) in [5.41, 5.74) is 2.99. The number of amides is 2.